The van der Waals surface area contributed by atoms with E-state index in [1.165, 1.54) is 12.2 Å². The van der Waals surface area contributed by atoms with Gasteiger partial charge >= 0.3 is 5.97 Å². The quantitative estimate of drug-likeness (QED) is 0.593. The number of hydrogen-bond acceptors (Lipinski definition) is 6. The number of halogens is 1. The minimum Gasteiger partial charge on any atom is -0.460 e. The number of esters is 1. The van der Waals surface area contributed by atoms with Gasteiger partial charge in [-0.05, 0) is 64.5 Å². The summed E-state index contributed by atoms with van der Waals surface area (Å²) in [6, 6.07) is 0. The van der Waals surface area contributed by atoms with Crippen molar-refractivity contribution in [3.05, 3.63) is 23.8 Å². The van der Waals surface area contributed by atoms with Crippen LogP contribution in [0, 0.1) is 22.7 Å². The molecule has 6 rings (SSSR count). The Morgan fingerprint density at radius 2 is 1.84 bits per heavy atom. The van der Waals surface area contributed by atoms with Crippen LogP contribution in [-0.2, 0) is 23.8 Å². The lowest BCUT2D eigenvalue weighted by molar-refractivity contribution is -0.255. The number of allylic oxidation sites excluding steroid dienone is 4. The second-order valence-electron chi connectivity index (χ2n) is 11.3. The van der Waals surface area contributed by atoms with E-state index in [4.69, 9.17) is 14.2 Å². The van der Waals surface area contributed by atoms with Crippen LogP contribution < -0.4 is 0 Å². The molecule has 5 fully saturated rings. The number of fused-ring (bicyclic) bond motifs is 5. The molecule has 0 spiro atoms. The third-order valence-corrected chi connectivity index (χ3v) is 9.59. The first-order valence-corrected chi connectivity index (χ1v) is 11.2. The monoisotopic (exact) mass is 432 g/mol. The molecule has 8 atom stereocenters. The van der Waals surface area contributed by atoms with Crippen molar-refractivity contribution in [3.63, 3.8) is 0 Å². The zero-order valence-corrected chi connectivity index (χ0v) is 18.4. The van der Waals surface area contributed by atoms with Crippen LogP contribution in [0.15, 0.2) is 23.8 Å². The lowest BCUT2D eigenvalue weighted by Crippen LogP contribution is -2.69. The van der Waals surface area contributed by atoms with Gasteiger partial charge in [-0.15, -0.1) is 0 Å². The molecule has 3 saturated carbocycles. The van der Waals surface area contributed by atoms with Crippen molar-refractivity contribution < 1.29 is 33.3 Å². The number of cyclic esters (lactones) is 1. The number of hydrogen-bond donors (Lipinski definition) is 1. The van der Waals surface area contributed by atoms with E-state index < -0.39 is 51.5 Å². The molecule has 0 aromatic carbocycles. The van der Waals surface area contributed by atoms with E-state index in [2.05, 4.69) is 0 Å². The summed E-state index contributed by atoms with van der Waals surface area (Å²) in [5.41, 5.74) is -5.44. The highest BCUT2D eigenvalue weighted by atomic mass is 19.1. The summed E-state index contributed by atoms with van der Waals surface area (Å²) in [6.07, 6.45) is 4.84. The van der Waals surface area contributed by atoms with Gasteiger partial charge in [-0.1, -0.05) is 18.6 Å². The average molecular weight is 432 g/mol. The largest absolute Gasteiger partial charge is 0.460 e. The van der Waals surface area contributed by atoms with Crippen LogP contribution in [-0.4, -0.2) is 52.2 Å². The van der Waals surface area contributed by atoms with Gasteiger partial charge in [-0.2, -0.15) is 0 Å². The fourth-order valence-electron chi connectivity index (χ4n) is 8.48. The van der Waals surface area contributed by atoms with Crippen LogP contribution in [0.1, 0.15) is 53.4 Å². The Morgan fingerprint density at radius 3 is 2.58 bits per heavy atom. The van der Waals surface area contributed by atoms with Gasteiger partial charge in [0.2, 0.25) is 5.60 Å². The van der Waals surface area contributed by atoms with Crippen molar-refractivity contribution in [2.24, 2.45) is 22.7 Å². The maximum Gasteiger partial charge on any atom is 0.342 e. The highest BCUT2D eigenvalue weighted by Crippen LogP contribution is 2.76. The molecule has 4 aliphatic carbocycles. The molecule has 0 aromatic heterocycles. The zero-order valence-electron chi connectivity index (χ0n) is 18.4. The summed E-state index contributed by atoms with van der Waals surface area (Å²) in [7, 11) is 0. The molecule has 0 aromatic rings. The molecule has 7 heteroatoms. The first-order chi connectivity index (χ1) is 14.4. The Kier molecular flexibility index (Phi) is 3.44. The van der Waals surface area contributed by atoms with E-state index in [0.717, 1.165) is 5.57 Å². The predicted molar refractivity (Wildman–Crippen MR) is 106 cm³/mol. The fourth-order valence-corrected chi connectivity index (χ4v) is 8.48. The van der Waals surface area contributed by atoms with E-state index in [0.29, 0.717) is 19.3 Å². The Morgan fingerprint density at radius 1 is 1.10 bits per heavy atom. The Labute approximate surface area is 180 Å². The first kappa shape index (κ1) is 20.1. The van der Waals surface area contributed by atoms with Crippen LogP contribution in [0.4, 0.5) is 4.39 Å². The van der Waals surface area contributed by atoms with Crippen molar-refractivity contribution in [2.45, 2.75) is 82.1 Å². The van der Waals surface area contributed by atoms with Crippen molar-refractivity contribution in [1.29, 1.82) is 0 Å². The third kappa shape index (κ3) is 1.89. The lowest BCUT2D eigenvalue weighted by atomic mass is 9.45. The normalized spacial score (nSPS) is 56.2. The van der Waals surface area contributed by atoms with Gasteiger partial charge in [0.15, 0.2) is 17.2 Å². The summed E-state index contributed by atoms with van der Waals surface area (Å²) in [6.45, 7) is 7.38. The first-order valence-electron chi connectivity index (χ1n) is 11.2. The van der Waals surface area contributed by atoms with Crippen LogP contribution >= 0.6 is 0 Å². The smallest absolute Gasteiger partial charge is 0.342 e. The molecule has 0 amide bonds. The van der Waals surface area contributed by atoms with Gasteiger partial charge in [-0.3, -0.25) is 4.79 Å². The van der Waals surface area contributed by atoms with Gasteiger partial charge in [0.05, 0.1) is 6.10 Å². The number of rotatable bonds is 0. The number of ether oxygens (including phenoxy) is 3. The number of ketones is 1. The molecule has 0 radical (unpaired) electrons. The molecule has 31 heavy (non-hydrogen) atoms. The van der Waals surface area contributed by atoms with Crippen molar-refractivity contribution in [1.82, 2.24) is 0 Å². The predicted octanol–water partition coefficient (Wildman–Crippen LogP) is 2.78. The maximum absolute atomic E-state index is 17.2. The minimum atomic E-state index is -1.95. The highest BCUT2D eigenvalue weighted by Gasteiger charge is 2.88. The summed E-state index contributed by atoms with van der Waals surface area (Å²) in [4.78, 5) is 25.2. The lowest BCUT2D eigenvalue weighted by Gasteiger charge is -2.62. The summed E-state index contributed by atoms with van der Waals surface area (Å²) in [5.74, 6) is -2.30. The second-order valence-corrected chi connectivity index (χ2v) is 11.3. The van der Waals surface area contributed by atoms with Gasteiger partial charge < -0.3 is 19.3 Å². The molecule has 6 nitrogen and oxygen atoms in total. The second kappa shape index (κ2) is 5.32. The minimum absolute atomic E-state index is 0.0611. The number of aliphatic hydroxyl groups excluding tert-OH is 1. The molecule has 2 saturated heterocycles. The maximum atomic E-state index is 17.2. The van der Waals surface area contributed by atoms with Crippen LogP contribution in [0.3, 0.4) is 0 Å². The average Bonchev–Trinajstić information content (AvgIpc) is 3.16. The topological polar surface area (TPSA) is 82.1 Å². The molecule has 2 aliphatic heterocycles. The molecular formula is C24H29FO6. The van der Waals surface area contributed by atoms with E-state index in [1.807, 2.05) is 6.92 Å². The van der Waals surface area contributed by atoms with Gasteiger partial charge in [0, 0.05) is 16.7 Å². The number of carbonyl (C=O) groups is 2. The standard InChI is InChI=1S/C24H29FO6/c1-19(2)30-22-10-16-15-6-5-13-9-14(26)7-8-20(13,3)23(15,25)17(27)11-21(16,4)24(22,31-19)18(28)29-12-22/h7-9,15-17,27H,5-6,10-12H2,1-4H3/t15-,16-,17-,20-,21-,22-,23-,24-/m0/s1. The van der Waals surface area contributed by atoms with Crippen molar-refractivity contribution in [3.8, 4) is 0 Å². The van der Waals surface area contributed by atoms with Gasteiger partial charge in [0.25, 0.3) is 0 Å². The summed E-state index contributed by atoms with van der Waals surface area (Å²) in [5, 5.41) is 11.4. The van der Waals surface area contributed by atoms with Crippen LogP contribution in [0.25, 0.3) is 0 Å². The van der Waals surface area contributed by atoms with E-state index in [1.54, 1.807) is 26.8 Å². The molecule has 0 bridgehead atoms. The Bertz CT molecular complexity index is 987. The van der Waals surface area contributed by atoms with E-state index >= 15 is 4.39 Å². The molecule has 0 unspecified atom stereocenters. The molecule has 1 N–H and O–H groups in total. The van der Waals surface area contributed by atoms with Gasteiger partial charge in [0.1, 0.15) is 12.2 Å². The summed E-state index contributed by atoms with van der Waals surface area (Å²) < 4.78 is 35.4. The van der Waals surface area contributed by atoms with Crippen LogP contribution in [0.5, 0.6) is 0 Å². The number of alkyl halides is 1. The zero-order chi connectivity index (χ0) is 22.2. The Balaban J connectivity index is 1.51. The molecule has 168 valence electrons. The number of aliphatic hydroxyl groups is 1. The van der Waals surface area contributed by atoms with Gasteiger partial charge in [-0.25, -0.2) is 9.18 Å². The van der Waals surface area contributed by atoms with Crippen molar-refractivity contribution in [2.75, 3.05) is 6.61 Å². The number of carbonyl (C=O) groups excluding carboxylic acids is 2. The SMILES string of the molecule is CC1(C)O[C@@]23COC(=O)[C@]2(O1)[C@@]1(C)C[C@H](O)[C@@]2(F)[C@@H](CCC4=CC(=O)C=C[C@@]42C)[C@@H]1C3. The molecule has 6 aliphatic rings. The van der Waals surface area contributed by atoms with Crippen molar-refractivity contribution >= 4 is 11.8 Å². The van der Waals surface area contributed by atoms with E-state index in [9.17, 15) is 14.7 Å². The molecular weight excluding hydrogens is 403 g/mol. The highest BCUT2D eigenvalue weighted by molar-refractivity contribution is 6.01. The summed E-state index contributed by atoms with van der Waals surface area (Å²) >= 11 is 0. The molecule has 2 heterocycles. The van der Waals surface area contributed by atoms with E-state index in [-0.39, 0.29) is 24.7 Å². The van der Waals surface area contributed by atoms with Crippen LogP contribution in [0.2, 0.25) is 0 Å². The third-order valence-electron chi connectivity index (χ3n) is 9.59. The fraction of sp³-hybridized carbons (Fsp3) is 0.750. The Hall–Kier alpha value is -1.57.